The summed E-state index contributed by atoms with van der Waals surface area (Å²) in [5.41, 5.74) is 0.443. The van der Waals surface area contributed by atoms with Gasteiger partial charge in [-0.15, -0.1) is 0 Å². The maximum absolute atomic E-state index is 12.6. The summed E-state index contributed by atoms with van der Waals surface area (Å²) in [6.07, 6.45) is 1.05. The molecule has 0 unspecified atom stereocenters. The molecule has 0 radical (unpaired) electrons. The Morgan fingerprint density at radius 2 is 1.69 bits per heavy atom. The van der Waals surface area contributed by atoms with Gasteiger partial charge in [0.05, 0.1) is 24.6 Å². The van der Waals surface area contributed by atoms with Gasteiger partial charge in [-0.3, -0.25) is 24.1 Å². The van der Waals surface area contributed by atoms with Crippen LogP contribution in [0.2, 0.25) is 0 Å². The van der Waals surface area contributed by atoms with Gasteiger partial charge in [0, 0.05) is 9.65 Å². The number of anilines is 1. The molecule has 1 heterocycles. The van der Waals surface area contributed by atoms with Crippen LogP contribution >= 0.6 is 31.9 Å². The van der Waals surface area contributed by atoms with Gasteiger partial charge in [0.1, 0.15) is 12.3 Å². The molecule has 1 saturated carbocycles. The van der Waals surface area contributed by atoms with Crippen LogP contribution in [0.5, 0.6) is 5.75 Å². The number of carbonyl (C=O) groups is 4. The van der Waals surface area contributed by atoms with Crippen LogP contribution in [-0.4, -0.2) is 58.5 Å². The summed E-state index contributed by atoms with van der Waals surface area (Å²) in [5.74, 6) is -2.48. The summed E-state index contributed by atoms with van der Waals surface area (Å²) in [7, 11) is 1.47. The van der Waals surface area contributed by atoms with Gasteiger partial charge in [0.15, 0.2) is 6.61 Å². The summed E-state index contributed by atoms with van der Waals surface area (Å²) in [4.78, 5) is 50.4. The smallest absolute Gasteiger partial charge is 0.326 e. The summed E-state index contributed by atoms with van der Waals surface area (Å²) in [5, 5.41) is 2.58. The predicted octanol–water partition coefficient (Wildman–Crippen LogP) is 2.10. The number of rotatable bonds is 6. The number of alkyl halides is 2. The number of amides is 3. The fourth-order valence-electron chi connectivity index (χ4n) is 3.57. The third-order valence-electron chi connectivity index (χ3n) is 5.04. The van der Waals surface area contributed by atoms with Gasteiger partial charge in [-0.25, -0.2) is 0 Å². The van der Waals surface area contributed by atoms with Crippen molar-refractivity contribution in [2.75, 3.05) is 25.6 Å². The molecule has 1 saturated heterocycles. The van der Waals surface area contributed by atoms with E-state index in [9.17, 15) is 19.2 Å². The van der Waals surface area contributed by atoms with Crippen LogP contribution in [0, 0.1) is 11.8 Å². The van der Waals surface area contributed by atoms with Crippen molar-refractivity contribution in [1.82, 2.24) is 4.90 Å². The summed E-state index contributed by atoms with van der Waals surface area (Å²) in [6, 6.07) is 6.81. The molecule has 2 fully saturated rings. The van der Waals surface area contributed by atoms with Crippen LogP contribution in [0.4, 0.5) is 5.69 Å². The van der Waals surface area contributed by atoms with E-state index in [4.69, 9.17) is 9.47 Å². The van der Waals surface area contributed by atoms with E-state index < -0.39 is 36.9 Å². The molecule has 4 atom stereocenters. The molecule has 1 aliphatic heterocycles. The number of para-hydroxylation sites is 2. The minimum Gasteiger partial charge on any atom is -0.495 e. The van der Waals surface area contributed by atoms with Crippen molar-refractivity contribution >= 4 is 61.2 Å². The number of hydrogen-bond donors (Lipinski definition) is 1. The van der Waals surface area contributed by atoms with Crippen LogP contribution in [0.1, 0.15) is 12.8 Å². The lowest BCUT2D eigenvalue weighted by atomic mass is 9.81. The summed E-state index contributed by atoms with van der Waals surface area (Å²) < 4.78 is 10.1. The van der Waals surface area contributed by atoms with E-state index in [0.717, 1.165) is 4.90 Å². The van der Waals surface area contributed by atoms with Crippen LogP contribution in [0.25, 0.3) is 0 Å². The van der Waals surface area contributed by atoms with Crippen LogP contribution in [0.3, 0.4) is 0 Å². The lowest BCUT2D eigenvalue weighted by Crippen LogP contribution is -2.37. The van der Waals surface area contributed by atoms with E-state index >= 15 is 0 Å². The van der Waals surface area contributed by atoms with Crippen molar-refractivity contribution in [2.24, 2.45) is 11.8 Å². The highest BCUT2D eigenvalue weighted by molar-refractivity contribution is 9.12. The molecule has 3 amide bonds. The van der Waals surface area contributed by atoms with Gasteiger partial charge in [0.25, 0.3) is 5.91 Å². The van der Waals surface area contributed by atoms with Crippen molar-refractivity contribution in [3.63, 3.8) is 0 Å². The topological polar surface area (TPSA) is 102 Å². The fraction of sp³-hybridized carbons (Fsp3) is 0.474. The molecule has 0 bridgehead atoms. The number of likely N-dealkylation sites (tertiary alicyclic amines) is 1. The second-order valence-electron chi connectivity index (χ2n) is 6.89. The van der Waals surface area contributed by atoms with Crippen molar-refractivity contribution < 1.29 is 28.7 Å². The monoisotopic (exact) mass is 530 g/mol. The summed E-state index contributed by atoms with van der Waals surface area (Å²) >= 11 is 7.03. The van der Waals surface area contributed by atoms with Gasteiger partial charge in [-0.2, -0.15) is 0 Å². The fourth-order valence-corrected chi connectivity index (χ4v) is 4.81. The number of hydrogen-bond acceptors (Lipinski definition) is 6. The lowest BCUT2D eigenvalue weighted by Gasteiger charge is -2.29. The first kappa shape index (κ1) is 21.8. The number of nitrogens with zero attached hydrogens (tertiary/aromatic N) is 1. The van der Waals surface area contributed by atoms with E-state index in [1.54, 1.807) is 24.3 Å². The Hall–Kier alpha value is -1.94. The number of halogens is 2. The number of ether oxygens (including phenoxy) is 2. The van der Waals surface area contributed by atoms with Crippen LogP contribution in [-0.2, 0) is 23.9 Å². The number of nitrogens with one attached hydrogen (secondary N) is 1. The molecule has 0 spiro atoms. The zero-order chi connectivity index (χ0) is 21.1. The quantitative estimate of drug-likeness (QED) is 0.342. The highest BCUT2D eigenvalue weighted by Crippen LogP contribution is 2.43. The minimum absolute atomic E-state index is 0.0890. The Morgan fingerprint density at radius 1 is 1.10 bits per heavy atom. The average molecular weight is 532 g/mol. The SMILES string of the molecule is COc1ccccc1NC(=O)COC(=O)CN1C(=O)[C@@H]2C[C@H](Br)[C@@H](Br)C[C@H]2C1=O. The number of methoxy groups -OCH3 is 1. The first-order valence-electron chi connectivity index (χ1n) is 9.03. The molecular weight excluding hydrogens is 512 g/mol. The van der Waals surface area contributed by atoms with Gasteiger partial charge in [-0.1, -0.05) is 44.0 Å². The largest absolute Gasteiger partial charge is 0.495 e. The molecule has 3 rings (SSSR count). The van der Waals surface area contributed by atoms with Crippen LogP contribution < -0.4 is 10.1 Å². The highest BCUT2D eigenvalue weighted by atomic mass is 79.9. The molecule has 1 aliphatic carbocycles. The van der Waals surface area contributed by atoms with Gasteiger partial charge in [-0.05, 0) is 25.0 Å². The normalized spacial score (nSPS) is 26.1. The van der Waals surface area contributed by atoms with E-state index in [1.165, 1.54) is 7.11 Å². The van der Waals surface area contributed by atoms with E-state index in [-0.39, 0.29) is 21.5 Å². The number of benzene rings is 1. The van der Waals surface area contributed by atoms with Gasteiger partial charge in [0.2, 0.25) is 11.8 Å². The molecule has 29 heavy (non-hydrogen) atoms. The van der Waals surface area contributed by atoms with Crippen molar-refractivity contribution in [2.45, 2.75) is 22.5 Å². The summed E-state index contributed by atoms with van der Waals surface area (Å²) in [6.45, 7) is -1.03. The Morgan fingerprint density at radius 3 is 2.28 bits per heavy atom. The molecule has 10 heteroatoms. The Labute approximate surface area is 184 Å². The standard InChI is InChI=1S/C19H20Br2N2O6/c1-28-15-5-3-2-4-14(15)22-16(24)9-29-17(25)8-23-18(26)10-6-12(20)13(21)7-11(10)19(23)27/h2-5,10-13H,6-9H2,1H3,(H,22,24)/t10-,11-,12+,13+/m1/s1. The molecule has 1 aromatic carbocycles. The molecular formula is C19H20Br2N2O6. The van der Waals surface area contributed by atoms with E-state index in [0.29, 0.717) is 24.3 Å². The second-order valence-corrected chi connectivity index (χ2v) is 9.24. The van der Waals surface area contributed by atoms with E-state index in [2.05, 4.69) is 37.2 Å². The molecule has 156 valence electrons. The Bertz CT molecular complexity index is 805. The third kappa shape index (κ3) is 4.80. The highest BCUT2D eigenvalue weighted by Gasteiger charge is 2.52. The molecule has 8 nitrogen and oxygen atoms in total. The zero-order valence-corrected chi connectivity index (χ0v) is 18.8. The number of fused-ring (bicyclic) bond motifs is 1. The van der Waals surface area contributed by atoms with Crippen LogP contribution in [0.15, 0.2) is 24.3 Å². The van der Waals surface area contributed by atoms with Crippen molar-refractivity contribution in [3.8, 4) is 5.75 Å². The number of imide groups is 1. The zero-order valence-electron chi connectivity index (χ0n) is 15.6. The number of esters is 1. The molecule has 0 aromatic heterocycles. The maximum Gasteiger partial charge on any atom is 0.326 e. The first-order valence-corrected chi connectivity index (χ1v) is 10.9. The molecule has 2 aliphatic rings. The Balaban J connectivity index is 1.52. The molecule has 1 aromatic rings. The lowest BCUT2D eigenvalue weighted by molar-refractivity contribution is -0.154. The minimum atomic E-state index is -0.814. The van der Waals surface area contributed by atoms with E-state index in [1.807, 2.05) is 0 Å². The third-order valence-corrected chi connectivity index (χ3v) is 7.77. The number of carbonyl (C=O) groups excluding carboxylic acids is 4. The second kappa shape index (κ2) is 9.25. The van der Waals surface area contributed by atoms with Gasteiger partial charge >= 0.3 is 5.97 Å². The van der Waals surface area contributed by atoms with Crippen molar-refractivity contribution in [1.29, 1.82) is 0 Å². The van der Waals surface area contributed by atoms with Crippen molar-refractivity contribution in [3.05, 3.63) is 24.3 Å². The average Bonchev–Trinajstić information content (AvgIpc) is 2.91. The maximum atomic E-state index is 12.6. The molecule has 1 N–H and O–H groups in total. The predicted molar refractivity (Wildman–Crippen MR) is 111 cm³/mol. The first-order chi connectivity index (χ1) is 13.8. The van der Waals surface area contributed by atoms with Gasteiger partial charge < -0.3 is 14.8 Å². The Kier molecular flexibility index (Phi) is 6.94.